The lowest BCUT2D eigenvalue weighted by molar-refractivity contribution is -0.129. The molecule has 0 amide bonds. The zero-order chi connectivity index (χ0) is 20.2. The first-order chi connectivity index (χ1) is 14.1. The third-order valence-corrected chi connectivity index (χ3v) is 4.67. The van der Waals surface area contributed by atoms with Gasteiger partial charge in [-0.15, -0.1) is 0 Å². The standard InChI is InChI=1S/C23H15BrFNO3/c24-18-5-2-4-17(13-18)22-26-21(23(27)29-22)12-16-3-1-6-20(11-16)28-14-15-7-9-19(25)10-8-15/h1-13H,14H2/b21-12+. The Morgan fingerprint density at radius 2 is 1.83 bits per heavy atom. The van der Waals surface area contributed by atoms with Gasteiger partial charge < -0.3 is 9.47 Å². The van der Waals surface area contributed by atoms with Crippen molar-refractivity contribution in [3.8, 4) is 5.75 Å². The first-order valence-electron chi connectivity index (χ1n) is 8.83. The van der Waals surface area contributed by atoms with Crippen molar-refractivity contribution in [3.63, 3.8) is 0 Å². The number of ether oxygens (including phenoxy) is 2. The van der Waals surface area contributed by atoms with Gasteiger partial charge in [0.1, 0.15) is 18.2 Å². The summed E-state index contributed by atoms with van der Waals surface area (Å²) in [6.07, 6.45) is 1.65. The van der Waals surface area contributed by atoms with Crippen LogP contribution in [-0.2, 0) is 16.1 Å². The van der Waals surface area contributed by atoms with E-state index in [1.54, 1.807) is 24.3 Å². The quantitative estimate of drug-likeness (QED) is 0.379. The maximum Gasteiger partial charge on any atom is 0.363 e. The van der Waals surface area contributed by atoms with Crippen LogP contribution in [-0.4, -0.2) is 11.9 Å². The van der Waals surface area contributed by atoms with Crippen molar-refractivity contribution < 1.29 is 18.7 Å². The van der Waals surface area contributed by atoms with Crippen LogP contribution in [0.3, 0.4) is 0 Å². The van der Waals surface area contributed by atoms with Gasteiger partial charge in [0.05, 0.1) is 0 Å². The molecule has 3 aromatic carbocycles. The van der Waals surface area contributed by atoms with Gasteiger partial charge in [0, 0.05) is 10.0 Å². The van der Waals surface area contributed by atoms with Crippen LogP contribution in [0.4, 0.5) is 4.39 Å². The molecule has 0 saturated carbocycles. The Kier molecular flexibility index (Phi) is 5.53. The van der Waals surface area contributed by atoms with E-state index in [-0.39, 0.29) is 17.4 Å². The minimum atomic E-state index is -0.502. The van der Waals surface area contributed by atoms with Gasteiger partial charge in [0.15, 0.2) is 5.70 Å². The van der Waals surface area contributed by atoms with Crippen molar-refractivity contribution >= 4 is 33.9 Å². The summed E-state index contributed by atoms with van der Waals surface area (Å²) >= 11 is 3.39. The topological polar surface area (TPSA) is 47.9 Å². The predicted molar refractivity (Wildman–Crippen MR) is 112 cm³/mol. The van der Waals surface area contributed by atoms with Crippen LogP contribution in [0.5, 0.6) is 5.75 Å². The minimum Gasteiger partial charge on any atom is -0.489 e. The monoisotopic (exact) mass is 451 g/mol. The van der Waals surface area contributed by atoms with Crippen LogP contribution in [0.15, 0.2) is 88.0 Å². The molecule has 0 spiro atoms. The first-order valence-corrected chi connectivity index (χ1v) is 9.62. The molecule has 0 saturated heterocycles. The Morgan fingerprint density at radius 3 is 2.62 bits per heavy atom. The summed E-state index contributed by atoms with van der Waals surface area (Å²) in [5.41, 5.74) is 2.55. The number of carbonyl (C=O) groups is 1. The summed E-state index contributed by atoms with van der Waals surface area (Å²) in [6, 6.07) is 20.8. The zero-order valence-corrected chi connectivity index (χ0v) is 16.7. The van der Waals surface area contributed by atoms with E-state index in [0.29, 0.717) is 17.9 Å². The number of nitrogens with zero attached hydrogens (tertiary/aromatic N) is 1. The van der Waals surface area contributed by atoms with E-state index in [0.717, 1.165) is 15.6 Å². The van der Waals surface area contributed by atoms with Crippen LogP contribution < -0.4 is 4.74 Å². The summed E-state index contributed by atoms with van der Waals surface area (Å²) in [4.78, 5) is 16.5. The third-order valence-electron chi connectivity index (χ3n) is 4.17. The van der Waals surface area contributed by atoms with E-state index >= 15 is 0 Å². The fraction of sp³-hybridized carbons (Fsp3) is 0.0435. The van der Waals surface area contributed by atoms with Gasteiger partial charge in [-0.1, -0.05) is 46.3 Å². The second kappa shape index (κ2) is 8.41. The largest absolute Gasteiger partial charge is 0.489 e. The normalized spacial score (nSPS) is 14.6. The van der Waals surface area contributed by atoms with Crippen LogP contribution in [0, 0.1) is 5.82 Å². The van der Waals surface area contributed by atoms with Crippen molar-refractivity contribution in [2.75, 3.05) is 0 Å². The van der Waals surface area contributed by atoms with E-state index < -0.39 is 5.97 Å². The van der Waals surface area contributed by atoms with Crippen molar-refractivity contribution in [3.05, 3.63) is 105 Å². The second-order valence-electron chi connectivity index (χ2n) is 6.33. The molecule has 1 aliphatic rings. The van der Waals surface area contributed by atoms with E-state index in [9.17, 15) is 9.18 Å². The van der Waals surface area contributed by atoms with Crippen molar-refractivity contribution in [1.29, 1.82) is 0 Å². The average molecular weight is 452 g/mol. The van der Waals surface area contributed by atoms with Gasteiger partial charge >= 0.3 is 5.97 Å². The molecule has 0 radical (unpaired) electrons. The van der Waals surface area contributed by atoms with Crippen LogP contribution in [0.1, 0.15) is 16.7 Å². The number of halogens is 2. The minimum absolute atomic E-state index is 0.218. The number of esters is 1. The number of carbonyl (C=O) groups excluding carboxylic acids is 1. The van der Waals surface area contributed by atoms with Gasteiger partial charge in [-0.2, -0.15) is 0 Å². The summed E-state index contributed by atoms with van der Waals surface area (Å²) in [7, 11) is 0. The molecule has 0 N–H and O–H groups in total. The van der Waals surface area contributed by atoms with E-state index in [4.69, 9.17) is 9.47 Å². The second-order valence-corrected chi connectivity index (χ2v) is 7.25. The Labute approximate surface area is 175 Å². The van der Waals surface area contributed by atoms with Gasteiger partial charge in [0.25, 0.3) is 0 Å². The molecule has 0 bridgehead atoms. The Balaban J connectivity index is 1.51. The SMILES string of the molecule is O=C1OC(c2cccc(Br)c2)=N/C1=C/c1cccc(OCc2ccc(F)cc2)c1. The fourth-order valence-corrected chi connectivity index (χ4v) is 3.15. The number of hydrogen-bond donors (Lipinski definition) is 0. The lowest BCUT2D eigenvalue weighted by Gasteiger charge is -2.07. The molecule has 6 heteroatoms. The molecule has 3 aromatic rings. The Morgan fingerprint density at radius 1 is 1.03 bits per heavy atom. The van der Waals surface area contributed by atoms with Crippen molar-refractivity contribution in [2.45, 2.75) is 6.61 Å². The molecule has 144 valence electrons. The molecule has 0 unspecified atom stereocenters. The zero-order valence-electron chi connectivity index (χ0n) is 15.1. The van der Waals surface area contributed by atoms with Gasteiger partial charge in [-0.3, -0.25) is 0 Å². The molecule has 0 aromatic heterocycles. The summed E-state index contributed by atoms with van der Waals surface area (Å²) in [6.45, 7) is 0.313. The summed E-state index contributed by atoms with van der Waals surface area (Å²) in [5, 5.41) is 0. The number of rotatable bonds is 5. The van der Waals surface area contributed by atoms with Crippen molar-refractivity contribution in [2.24, 2.45) is 4.99 Å². The highest BCUT2D eigenvalue weighted by molar-refractivity contribution is 9.10. The van der Waals surface area contributed by atoms with Gasteiger partial charge in [-0.05, 0) is 59.7 Å². The first kappa shape index (κ1) is 19.1. The molecule has 29 heavy (non-hydrogen) atoms. The highest BCUT2D eigenvalue weighted by Crippen LogP contribution is 2.23. The molecule has 0 fully saturated rings. The summed E-state index contributed by atoms with van der Waals surface area (Å²) < 4.78 is 24.9. The predicted octanol–water partition coefficient (Wildman–Crippen LogP) is 5.51. The van der Waals surface area contributed by atoms with E-state index in [2.05, 4.69) is 20.9 Å². The van der Waals surface area contributed by atoms with E-state index in [1.807, 2.05) is 42.5 Å². The van der Waals surface area contributed by atoms with Crippen LogP contribution in [0.25, 0.3) is 6.08 Å². The lowest BCUT2D eigenvalue weighted by atomic mass is 10.2. The number of hydrogen-bond acceptors (Lipinski definition) is 4. The highest BCUT2D eigenvalue weighted by Gasteiger charge is 2.24. The summed E-state index contributed by atoms with van der Waals surface area (Å²) in [5.74, 6) is 0.115. The molecule has 1 heterocycles. The lowest BCUT2D eigenvalue weighted by Crippen LogP contribution is -2.05. The average Bonchev–Trinajstić information content (AvgIpc) is 3.08. The molecule has 0 atom stereocenters. The van der Waals surface area contributed by atoms with Crippen LogP contribution >= 0.6 is 15.9 Å². The fourth-order valence-electron chi connectivity index (χ4n) is 2.75. The van der Waals surface area contributed by atoms with Gasteiger partial charge in [-0.25, -0.2) is 14.2 Å². The van der Waals surface area contributed by atoms with Crippen molar-refractivity contribution in [1.82, 2.24) is 0 Å². The molecular formula is C23H15BrFNO3. The molecule has 4 rings (SSSR count). The maximum absolute atomic E-state index is 13.0. The smallest absolute Gasteiger partial charge is 0.363 e. The Bertz CT molecular complexity index is 1120. The Hall–Kier alpha value is -3.25. The van der Waals surface area contributed by atoms with E-state index in [1.165, 1.54) is 12.1 Å². The molecule has 4 nitrogen and oxygen atoms in total. The number of cyclic esters (lactones) is 1. The van der Waals surface area contributed by atoms with Gasteiger partial charge in [0.2, 0.25) is 5.90 Å². The maximum atomic E-state index is 13.0. The third kappa shape index (κ3) is 4.78. The molecule has 0 aliphatic carbocycles. The number of aliphatic imine (C=N–C) groups is 1. The van der Waals surface area contributed by atoms with Crippen LogP contribution in [0.2, 0.25) is 0 Å². The molecule has 1 aliphatic heterocycles. The molecular weight excluding hydrogens is 437 g/mol. The number of benzene rings is 3. The highest BCUT2D eigenvalue weighted by atomic mass is 79.9.